The fourth-order valence-electron chi connectivity index (χ4n) is 5.26. The molecule has 0 spiro atoms. The molecule has 4 aromatic rings. The predicted octanol–water partition coefficient (Wildman–Crippen LogP) is 3.89. The van der Waals surface area contributed by atoms with Crippen LogP contribution < -0.4 is 0 Å². The first-order valence-electron chi connectivity index (χ1n) is 13.1. The highest BCUT2D eigenvalue weighted by atomic mass is 16.4. The average molecular weight is 528 g/mol. The van der Waals surface area contributed by atoms with Crippen molar-refractivity contribution in [2.75, 3.05) is 26.7 Å². The molecule has 0 radical (unpaired) electrons. The number of hydrogen-bond donors (Lipinski definition) is 3. The number of aromatic amines is 1. The monoisotopic (exact) mass is 527 g/mol. The van der Waals surface area contributed by atoms with Gasteiger partial charge in [0.1, 0.15) is 5.52 Å². The van der Waals surface area contributed by atoms with Crippen LogP contribution in [-0.2, 0) is 17.8 Å². The maximum absolute atomic E-state index is 12.7. The second kappa shape index (κ2) is 11.0. The number of carboxylic acid groups (broad SMARTS) is 1. The molecule has 1 atom stereocenters. The topological polar surface area (TPSA) is 123 Å². The fourth-order valence-corrected chi connectivity index (χ4v) is 5.26. The molecule has 2 aromatic carbocycles. The number of rotatable bonds is 8. The Kier molecular flexibility index (Phi) is 7.45. The number of aliphatic carboxylic acids is 1. The zero-order chi connectivity index (χ0) is 27.7. The summed E-state index contributed by atoms with van der Waals surface area (Å²) in [5, 5.41) is 18.6. The van der Waals surface area contributed by atoms with Crippen LogP contribution in [0.25, 0.3) is 33.5 Å². The van der Waals surface area contributed by atoms with E-state index in [1.807, 2.05) is 18.3 Å². The minimum Gasteiger partial charge on any atom is -0.481 e. The Balaban J connectivity index is 1.40. The summed E-state index contributed by atoms with van der Waals surface area (Å²) in [6.07, 6.45) is 4.10. The molecule has 0 saturated heterocycles. The molecule has 0 bridgehead atoms. The highest BCUT2D eigenvalue weighted by molar-refractivity contribution is 5.96. The number of aromatic nitrogens is 3. The van der Waals surface area contributed by atoms with Crippen molar-refractivity contribution in [2.45, 2.75) is 39.3 Å². The third-order valence-electron chi connectivity index (χ3n) is 7.29. The van der Waals surface area contributed by atoms with E-state index in [1.165, 1.54) is 21.6 Å². The fraction of sp³-hybridized carbons (Fsp3) is 0.333. The molecule has 1 aliphatic rings. The number of aliphatic hydroxyl groups is 1. The van der Waals surface area contributed by atoms with Gasteiger partial charge in [-0.2, -0.15) is 0 Å². The zero-order valence-electron chi connectivity index (χ0n) is 22.4. The molecule has 3 N–H and O–H groups in total. The molecular formula is C30H33N5O4. The summed E-state index contributed by atoms with van der Waals surface area (Å²) < 4.78 is 0. The molecule has 202 valence electrons. The van der Waals surface area contributed by atoms with Crippen LogP contribution in [0.4, 0.5) is 0 Å². The van der Waals surface area contributed by atoms with Gasteiger partial charge in [0, 0.05) is 56.1 Å². The Morgan fingerprint density at radius 2 is 1.95 bits per heavy atom. The van der Waals surface area contributed by atoms with Crippen molar-refractivity contribution < 1.29 is 19.8 Å². The number of fused-ring (bicyclic) bond motifs is 2. The SMILES string of the molecule is Cc1cc(-c2cnc3[nH]cc(-c4ccc(C(=O)N(C)CC(C)O)cc4)c3n2)cc2c1CN(CCC(=O)O)CC2. The Labute approximate surface area is 227 Å². The van der Waals surface area contributed by atoms with Gasteiger partial charge in [-0.05, 0) is 66.8 Å². The van der Waals surface area contributed by atoms with Crippen molar-refractivity contribution in [1.82, 2.24) is 24.8 Å². The number of carbonyl (C=O) groups is 2. The number of nitrogens with zero attached hydrogens (tertiary/aromatic N) is 4. The lowest BCUT2D eigenvalue weighted by atomic mass is 9.92. The van der Waals surface area contributed by atoms with Gasteiger partial charge < -0.3 is 20.1 Å². The molecule has 1 aliphatic heterocycles. The van der Waals surface area contributed by atoms with Crippen LogP contribution in [0.15, 0.2) is 48.8 Å². The lowest BCUT2D eigenvalue weighted by Crippen LogP contribution is -2.32. The highest BCUT2D eigenvalue weighted by Crippen LogP contribution is 2.32. The maximum atomic E-state index is 12.7. The molecule has 0 saturated carbocycles. The van der Waals surface area contributed by atoms with Crippen LogP contribution in [-0.4, -0.2) is 79.6 Å². The first-order chi connectivity index (χ1) is 18.7. The van der Waals surface area contributed by atoms with E-state index in [1.54, 1.807) is 32.3 Å². The Hall–Kier alpha value is -4.08. The first kappa shape index (κ1) is 26.5. The van der Waals surface area contributed by atoms with Crippen LogP contribution in [0, 0.1) is 6.92 Å². The zero-order valence-corrected chi connectivity index (χ0v) is 22.4. The van der Waals surface area contributed by atoms with E-state index in [0.717, 1.165) is 47.4 Å². The van der Waals surface area contributed by atoms with Crippen molar-refractivity contribution >= 4 is 23.0 Å². The molecule has 3 heterocycles. The molecule has 5 rings (SSSR count). The van der Waals surface area contributed by atoms with Crippen LogP contribution in [0.1, 0.15) is 40.4 Å². The van der Waals surface area contributed by atoms with E-state index < -0.39 is 12.1 Å². The quantitative estimate of drug-likeness (QED) is 0.318. The van der Waals surface area contributed by atoms with Crippen LogP contribution in [0.3, 0.4) is 0 Å². The number of likely N-dealkylation sites (N-methyl/N-ethyl adjacent to an activating group) is 1. The van der Waals surface area contributed by atoms with E-state index in [4.69, 9.17) is 10.1 Å². The Morgan fingerprint density at radius 1 is 1.18 bits per heavy atom. The smallest absolute Gasteiger partial charge is 0.304 e. The van der Waals surface area contributed by atoms with Crippen LogP contribution in [0.2, 0.25) is 0 Å². The van der Waals surface area contributed by atoms with Crippen molar-refractivity contribution in [3.63, 3.8) is 0 Å². The number of carboxylic acids is 1. The van der Waals surface area contributed by atoms with Crippen molar-refractivity contribution in [2.24, 2.45) is 0 Å². The molecule has 9 nitrogen and oxygen atoms in total. The van der Waals surface area contributed by atoms with Crippen LogP contribution in [0.5, 0.6) is 0 Å². The van der Waals surface area contributed by atoms with E-state index >= 15 is 0 Å². The molecule has 0 fully saturated rings. The van der Waals surface area contributed by atoms with Gasteiger partial charge in [-0.3, -0.25) is 14.5 Å². The third-order valence-corrected chi connectivity index (χ3v) is 7.29. The Bertz CT molecular complexity index is 1530. The molecule has 39 heavy (non-hydrogen) atoms. The molecule has 2 aromatic heterocycles. The number of aryl methyl sites for hydroxylation is 1. The summed E-state index contributed by atoms with van der Waals surface area (Å²) in [6, 6.07) is 11.7. The van der Waals surface area contributed by atoms with E-state index in [9.17, 15) is 14.7 Å². The normalized spacial score (nSPS) is 14.3. The van der Waals surface area contributed by atoms with E-state index in [2.05, 4.69) is 33.9 Å². The minimum atomic E-state index is -0.768. The summed E-state index contributed by atoms with van der Waals surface area (Å²) in [5.41, 5.74) is 9.32. The van der Waals surface area contributed by atoms with Gasteiger partial charge in [0.05, 0.1) is 24.4 Å². The largest absolute Gasteiger partial charge is 0.481 e. The molecular weight excluding hydrogens is 494 g/mol. The summed E-state index contributed by atoms with van der Waals surface area (Å²) in [5.74, 6) is -0.910. The third kappa shape index (κ3) is 5.69. The number of H-pyrrole nitrogens is 1. The summed E-state index contributed by atoms with van der Waals surface area (Å²) in [4.78, 5) is 40.2. The predicted molar refractivity (Wildman–Crippen MR) is 149 cm³/mol. The second-order valence-corrected chi connectivity index (χ2v) is 10.4. The lowest BCUT2D eigenvalue weighted by molar-refractivity contribution is -0.137. The standard InChI is InChI=1S/C30H33N5O4/c1-18-12-23(13-22-8-10-35(17-25(18)22)11-9-27(37)38)26-15-32-29-28(33-26)24(14-31-29)20-4-6-21(7-5-20)30(39)34(3)16-19(2)36/h4-7,12-15,19,36H,8-11,16-17H2,1-3H3,(H,31,32)(H,37,38). The molecule has 9 heteroatoms. The minimum absolute atomic E-state index is 0.142. The van der Waals surface area contributed by atoms with Gasteiger partial charge in [0.15, 0.2) is 5.65 Å². The van der Waals surface area contributed by atoms with Gasteiger partial charge in [0.2, 0.25) is 0 Å². The second-order valence-electron chi connectivity index (χ2n) is 10.4. The Morgan fingerprint density at radius 3 is 2.67 bits per heavy atom. The molecule has 0 aliphatic carbocycles. The number of benzene rings is 2. The number of amides is 1. The van der Waals surface area contributed by atoms with Crippen molar-refractivity contribution in [3.05, 3.63) is 71.0 Å². The van der Waals surface area contributed by atoms with E-state index in [-0.39, 0.29) is 18.9 Å². The summed E-state index contributed by atoms with van der Waals surface area (Å²) in [7, 11) is 1.68. The number of hydrogen-bond acceptors (Lipinski definition) is 6. The number of nitrogens with one attached hydrogen (secondary N) is 1. The van der Waals surface area contributed by atoms with Crippen molar-refractivity contribution in [3.8, 4) is 22.4 Å². The maximum Gasteiger partial charge on any atom is 0.304 e. The summed E-state index contributed by atoms with van der Waals surface area (Å²) >= 11 is 0. The highest BCUT2D eigenvalue weighted by Gasteiger charge is 2.21. The molecule has 1 unspecified atom stereocenters. The van der Waals surface area contributed by atoms with Crippen molar-refractivity contribution in [1.29, 1.82) is 0 Å². The van der Waals surface area contributed by atoms with E-state index in [0.29, 0.717) is 17.8 Å². The van der Waals surface area contributed by atoms with Crippen LogP contribution >= 0.6 is 0 Å². The molecule has 1 amide bonds. The van der Waals surface area contributed by atoms with Gasteiger partial charge in [-0.25, -0.2) is 9.97 Å². The lowest BCUT2D eigenvalue weighted by Gasteiger charge is -2.30. The first-order valence-corrected chi connectivity index (χ1v) is 13.1. The average Bonchev–Trinajstić information content (AvgIpc) is 3.34. The van der Waals surface area contributed by atoms with Gasteiger partial charge in [-0.1, -0.05) is 12.1 Å². The number of aliphatic hydroxyl groups excluding tert-OH is 1. The number of carbonyl (C=O) groups excluding carboxylic acids is 1. The van der Waals surface area contributed by atoms with Gasteiger partial charge >= 0.3 is 5.97 Å². The summed E-state index contributed by atoms with van der Waals surface area (Å²) in [6.45, 7) is 6.17. The van der Waals surface area contributed by atoms with Gasteiger partial charge in [-0.15, -0.1) is 0 Å². The van der Waals surface area contributed by atoms with Gasteiger partial charge in [0.25, 0.3) is 5.91 Å².